The molecular formula is C15H22N2O3. The van der Waals surface area contributed by atoms with Crippen molar-refractivity contribution in [3.8, 4) is 0 Å². The van der Waals surface area contributed by atoms with Gasteiger partial charge in [0.15, 0.2) is 5.69 Å². The van der Waals surface area contributed by atoms with Crippen molar-refractivity contribution in [1.29, 1.82) is 0 Å². The van der Waals surface area contributed by atoms with E-state index in [-0.39, 0.29) is 5.69 Å². The Morgan fingerprint density at radius 2 is 2.15 bits per heavy atom. The molecule has 0 saturated heterocycles. The number of carboxylic acids is 1. The average molecular weight is 278 g/mol. The van der Waals surface area contributed by atoms with Crippen molar-refractivity contribution in [3.63, 3.8) is 0 Å². The van der Waals surface area contributed by atoms with E-state index in [4.69, 9.17) is 5.11 Å². The van der Waals surface area contributed by atoms with Crippen molar-refractivity contribution in [1.82, 2.24) is 4.98 Å². The summed E-state index contributed by atoms with van der Waals surface area (Å²) in [6, 6.07) is 4.82. The first-order valence-corrected chi connectivity index (χ1v) is 7.19. The van der Waals surface area contributed by atoms with E-state index in [1.54, 1.807) is 12.1 Å². The van der Waals surface area contributed by atoms with E-state index in [1.807, 2.05) is 0 Å². The minimum atomic E-state index is -1.05. The largest absolute Gasteiger partial charge is 0.477 e. The van der Waals surface area contributed by atoms with E-state index >= 15 is 0 Å². The highest BCUT2D eigenvalue weighted by molar-refractivity contribution is 5.85. The van der Waals surface area contributed by atoms with Crippen LogP contribution in [-0.2, 0) is 0 Å². The van der Waals surface area contributed by atoms with Crippen LogP contribution in [0.4, 0.5) is 5.82 Å². The summed E-state index contributed by atoms with van der Waals surface area (Å²) in [6.07, 6.45) is 4.86. The third-order valence-corrected chi connectivity index (χ3v) is 4.18. The normalized spacial score (nSPS) is 26.2. The second-order valence-electron chi connectivity index (χ2n) is 5.64. The van der Waals surface area contributed by atoms with Crippen molar-refractivity contribution in [2.24, 2.45) is 5.92 Å². The maximum atomic E-state index is 10.9. The van der Waals surface area contributed by atoms with E-state index in [9.17, 15) is 9.90 Å². The summed E-state index contributed by atoms with van der Waals surface area (Å²) < 4.78 is 0. The number of nitrogens with one attached hydrogen (secondary N) is 1. The number of hydrogen-bond acceptors (Lipinski definition) is 4. The van der Waals surface area contributed by atoms with Gasteiger partial charge in [0.1, 0.15) is 5.82 Å². The van der Waals surface area contributed by atoms with Crippen LogP contribution in [0.3, 0.4) is 0 Å². The fraction of sp³-hybridized carbons (Fsp3) is 0.600. The standard InChI is InChI=1S/C15H22N2O3/c1-2-11-6-8-15(20,9-7-11)10-16-13-5-3-4-12(17-13)14(18)19/h3-5,11,20H,2,6-10H2,1H3,(H,16,17)(H,18,19). The molecule has 5 heteroatoms. The lowest BCUT2D eigenvalue weighted by Gasteiger charge is -2.36. The molecule has 2 rings (SSSR count). The first kappa shape index (κ1) is 14.8. The molecule has 1 aromatic heterocycles. The van der Waals surface area contributed by atoms with Gasteiger partial charge in [0.25, 0.3) is 0 Å². The first-order chi connectivity index (χ1) is 9.52. The third-order valence-electron chi connectivity index (χ3n) is 4.18. The predicted molar refractivity (Wildman–Crippen MR) is 76.9 cm³/mol. The molecule has 1 fully saturated rings. The highest BCUT2D eigenvalue weighted by Crippen LogP contribution is 2.33. The Labute approximate surface area is 119 Å². The predicted octanol–water partition coefficient (Wildman–Crippen LogP) is 2.52. The molecule has 1 heterocycles. The smallest absolute Gasteiger partial charge is 0.354 e. The van der Waals surface area contributed by atoms with Gasteiger partial charge < -0.3 is 15.5 Å². The highest BCUT2D eigenvalue weighted by atomic mass is 16.4. The fourth-order valence-electron chi connectivity index (χ4n) is 2.71. The topological polar surface area (TPSA) is 82.5 Å². The van der Waals surface area contributed by atoms with Crippen LogP contribution in [0.25, 0.3) is 0 Å². The summed E-state index contributed by atoms with van der Waals surface area (Å²) in [6.45, 7) is 2.61. The van der Waals surface area contributed by atoms with Crippen molar-refractivity contribution in [2.45, 2.75) is 44.6 Å². The highest BCUT2D eigenvalue weighted by Gasteiger charge is 2.32. The molecule has 5 nitrogen and oxygen atoms in total. The second kappa shape index (κ2) is 6.22. The summed E-state index contributed by atoms with van der Waals surface area (Å²) in [7, 11) is 0. The van der Waals surface area contributed by atoms with Crippen LogP contribution in [0.2, 0.25) is 0 Å². The van der Waals surface area contributed by atoms with E-state index in [0.717, 1.165) is 31.6 Å². The number of aliphatic hydroxyl groups is 1. The monoisotopic (exact) mass is 278 g/mol. The van der Waals surface area contributed by atoms with Crippen LogP contribution in [0.15, 0.2) is 18.2 Å². The molecule has 1 saturated carbocycles. The molecule has 0 bridgehead atoms. The van der Waals surface area contributed by atoms with Crippen molar-refractivity contribution >= 4 is 11.8 Å². The van der Waals surface area contributed by atoms with Gasteiger partial charge in [0.05, 0.1) is 5.60 Å². The van der Waals surface area contributed by atoms with Gasteiger partial charge in [0, 0.05) is 6.54 Å². The molecule has 0 radical (unpaired) electrons. The molecule has 0 unspecified atom stereocenters. The van der Waals surface area contributed by atoms with Crippen LogP contribution in [0.5, 0.6) is 0 Å². The number of rotatable bonds is 5. The molecule has 1 aromatic rings. The lowest BCUT2D eigenvalue weighted by Crippen LogP contribution is -2.40. The summed E-state index contributed by atoms with van der Waals surface area (Å²) in [5, 5.41) is 22.5. The van der Waals surface area contributed by atoms with Gasteiger partial charge >= 0.3 is 5.97 Å². The maximum absolute atomic E-state index is 10.9. The molecule has 110 valence electrons. The second-order valence-corrected chi connectivity index (χ2v) is 5.64. The zero-order valence-corrected chi connectivity index (χ0v) is 11.8. The maximum Gasteiger partial charge on any atom is 0.354 e. The van der Waals surface area contributed by atoms with Gasteiger partial charge in [-0.25, -0.2) is 9.78 Å². The molecule has 0 spiro atoms. The number of aromatic carboxylic acids is 1. The Morgan fingerprint density at radius 3 is 2.75 bits per heavy atom. The Balaban J connectivity index is 1.92. The summed E-state index contributed by atoms with van der Waals surface area (Å²) in [5.74, 6) is 0.176. The van der Waals surface area contributed by atoms with Crippen LogP contribution in [-0.4, -0.2) is 33.3 Å². The SMILES string of the molecule is CCC1CCC(O)(CNc2cccc(C(=O)O)n2)CC1. The number of aromatic nitrogens is 1. The molecule has 1 aliphatic carbocycles. The van der Waals surface area contributed by atoms with Crippen LogP contribution in [0, 0.1) is 5.92 Å². The van der Waals surface area contributed by atoms with Gasteiger partial charge in [-0.3, -0.25) is 0 Å². The van der Waals surface area contributed by atoms with Gasteiger partial charge in [-0.05, 0) is 43.7 Å². The quantitative estimate of drug-likeness (QED) is 0.771. The Kier molecular flexibility index (Phi) is 4.60. The van der Waals surface area contributed by atoms with Crippen molar-refractivity contribution in [2.75, 3.05) is 11.9 Å². The number of pyridine rings is 1. The minimum absolute atomic E-state index is 0.0108. The fourth-order valence-corrected chi connectivity index (χ4v) is 2.71. The lowest BCUT2D eigenvalue weighted by atomic mass is 9.78. The average Bonchev–Trinajstić information content (AvgIpc) is 2.46. The van der Waals surface area contributed by atoms with E-state index in [0.29, 0.717) is 12.4 Å². The molecule has 3 N–H and O–H groups in total. The summed E-state index contributed by atoms with van der Waals surface area (Å²) >= 11 is 0. The van der Waals surface area contributed by atoms with Gasteiger partial charge in [-0.15, -0.1) is 0 Å². The number of nitrogens with zero attached hydrogens (tertiary/aromatic N) is 1. The lowest BCUT2D eigenvalue weighted by molar-refractivity contribution is 0.00223. The van der Waals surface area contributed by atoms with Crippen LogP contribution < -0.4 is 5.32 Å². The van der Waals surface area contributed by atoms with Crippen LogP contribution in [0.1, 0.15) is 49.5 Å². The minimum Gasteiger partial charge on any atom is -0.477 e. The molecule has 0 atom stereocenters. The summed E-state index contributed by atoms with van der Waals surface area (Å²) in [5.41, 5.74) is -0.691. The molecule has 0 amide bonds. The van der Waals surface area contributed by atoms with E-state index in [2.05, 4.69) is 17.2 Å². The Bertz CT molecular complexity index is 468. The molecule has 1 aliphatic rings. The van der Waals surface area contributed by atoms with Gasteiger partial charge in [-0.2, -0.15) is 0 Å². The van der Waals surface area contributed by atoms with E-state index < -0.39 is 11.6 Å². The molecule has 20 heavy (non-hydrogen) atoms. The third kappa shape index (κ3) is 3.70. The zero-order chi connectivity index (χ0) is 14.6. The summed E-state index contributed by atoms with van der Waals surface area (Å²) in [4.78, 5) is 14.8. The molecule has 0 aliphatic heterocycles. The number of carbonyl (C=O) groups is 1. The number of carboxylic acid groups (broad SMARTS) is 1. The van der Waals surface area contributed by atoms with Gasteiger partial charge in [0.2, 0.25) is 0 Å². The molecular weight excluding hydrogens is 256 g/mol. The first-order valence-electron chi connectivity index (χ1n) is 7.19. The number of anilines is 1. The molecule has 0 aromatic carbocycles. The van der Waals surface area contributed by atoms with Crippen molar-refractivity contribution in [3.05, 3.63) is 23.9 Å². The Morgan fingerprint density at radius 1 is 1.45 bits per heavy atom. The van der Waals surface area contributed by atoms with Crippen LogP contribution >= 0.6 is 0 Å². The van der Waals surface area contributed by atoms with Crippen molar-refractivity contribution < 1.29 is 15.0 Å². The Hall–Kier alpha value is -1.62. The van der Waals surface area contributed by atoms with E-state index in [1.165, 1.54) is 12.5 Å². The van der Waals surface area contributed by atoms with Gasteiger partial charge in [-0.1, -0.05) is 19.4 Å². The zero-order valence-electron chi connectivity index (χ0n) is 11.8. The number of hydrogen-bond donors (Lipinski definition) is 3.